The molecule has 7 unspecified atom stereocenters. The number of aromatic nitrogens is 1. The Morgan fingerprint density at radius 3 is 2.69 bits per heavy atom. The molecule has 0 spiro atoms. The fourth-order valence-corrected chi connectivity index (χ4v) is 6.72. The van der Waals surface area contributed by atoms with Gasteiger partial charge in [0.1, 0.15) is 12.2 Å². The van der Waals surface area contributed by atoms with Crippen molar-refractivity contribution in [3.05, 3.63) is 71.3 Å². The van der Waals surface area contributed by atoms with Crippen LogP contribution in [0.5, 0.6) is 11.5 Å². The lowest BCUT2D eigenvalue weighted by Gasteiger charge is -2.31. The molecule has 0 amide bonds. The Bertz CT molecular complexity index is 1370. The van der Waals surface area contributed by atoms with E-state index in [1.807, 2.05) is 24.4 Å². The minimum Gasteiger partial charge on any atom is -0.504 e. The molecular weight excluding hydrogens is 610 g/mol. The third kappa shape index (κ3) is 11.3. The number of aliphatic hydroxyl groups is 4. The minimum atomic E-state index is -1.19. The lowest BCUT2D eigenvalue weighted by Crippen LogP contribution is -2.37. The number of nitrogens with two attached hydrogens (primary N) is 1. The van der Waals surface area contributed by atoms with E-state index < -0.39 is 24.9 Å². The number of ether oxygens (including phenoxy) is 2. The van der Waals surface area contributed by atoms with Crippen LogP contribution < -0.4 is 15.8 Å². The molecule has 0 bridgehead atoms. The van der Waals surface area contributed by atoms with Gasteiger partial charge in [-0.05, 0) is 92.3 Å². The van der Waals surface area contributed by atoms with E-state index in [2.05, 4.69) is 35.1 Å². The van der Waals surface area contributed by atoms with Gasteiger partial charge in [-0.2, -0.15) is 0 Å². The fraction of sp³-hybridized carbons (Fsp3) is 0.579. The largest absolute Gasteiger partial charge is 0.504 e. The predicted octanol–water partition coefficient (Wildman–Crippen LogP) is 3.68. The molecule has 7 atom stereocenters. The van der Waals surface area contributed by atoms with Gasteiger partial charge >= 0.3 is 0 Å². The van der Waals surface area contributed by atoms with Crippen molar-refractivity contribution in [2.24, 2.45) is 23.5 Å². The first-order chi connectivity index (χ1) is 23.3. The van der Waals surface area contributed by atoms with Crippen molar-refractivity contribution in [3.8, 4) is 23.3 Å². The number of aromatic amines is 1. The molecule has 4 rings (SSSR count). The monoisotopic (exact) mass is 665 g/mol. The lowest BCUT2D eigenvalue weighted by molar-refractivity contribution is -0.0515. The third-order valence-electron chi connectivity index (χ3n) is 9.55. The maximum atomic E-state index is 11.5. The maximum absolute atomic E-state index is 11.5. The molecule has 48 heavy (non-hydrogen) atoms. The molecule has 2 aliphatic rings. The summed E-state index contributed by atoms with van der Waals surface area (Å²) in [6.45, 7) is 2.39. The Hall–Kier alpha value is -3.46. The van der Waals surface area contributed by atoms with Crippen LogP contribution >= 0.6 is 0 Å². The lowest BCUT2D eigenvalue weighted by atomic mass is 9.85. The number of benzene rings is 1. The van der Waals surface area contributed by atoms with Crippen LogP contribution in [0.4, 0.5) is 0 Å². The summed E-state index contributed by atoms with van der Waals surface area (Å²) in [5.74, 6) is 7.50. The van der Waals surface area contributed by atoms with Gasteiger partial charge in [0.15, 0.2) is 11.5 Å². The summed E-state index contributed by atoms with van der Waals surface area (Å²) in [4.78, 5) is 3.24. The predicted molar refractivity (Wildman–Crippen MR) is 186 cm³/mol. The van der Waals surface area contributed by atoms with Crippen molar-refractivity contribution in [2.75, 3.05) is 26.4 Å². The van der Waals surface area contributed by atoms with Crippen LogP contribution in [0.1, 0.15) is 69.5 Å². The zero-order chi connectivity index (χ0) is 34.3. The molecule has 0 saturated heterocycles. The number of dihydropyridines is 1. The molecule has 264 valence electrons. The molecular formula is C38H55N3O7. The smallest absolute Gasteiger partial charge is 0.161 e. The number of aryl methyl sites for hydroxylation is 1. The number of phenolic OH excluding ortho intramolecular Hbond substituents is 1. The summed E-state index contributed by atoms with van der Waals surface area (Å²) in [6, 6.07) is 9.02. The number of H-pyrrole nitrogens is 1. The molecule has 1 aliphatic heterocycles. The van der Waals surface area contributed by atoms with Crippen LogP contribution in [-0.4, -0.2) is 81.3 Å². The van der Waals surface area contributed by atoms with Crippen molar-refractivity contribution in [1.82, 2.24) is 10.3 Å². The summed E-state index contributed by atoms with van der Waals surface area (Å²) < 4.78 is 12.3. The zero-order valence-corrected chi connectivity index (χ0v) is 28.2. The average Bonchev–Trinajstić information content (AvgIpc) is 3.61. The van der Waals surface area contributed by atoms with Crippen LogP contribution in [0, 0.1) is 29.6 Å². The molecule has 10 nitrogen and oxygen atoms in total. The Morgan fingerprint density at radius 1 is 1.12 bits per heavy atom. The van der Waals surface area contributed by atoms with Crippen molar-refractivity contribution in [1.29, 1.82) is 0 Å². The molecule has 0 radical (unpaired) electrons. The number of aromatic hydroxyl groups is 1. The summed E-state index contributed by atoms with van der Waals surface area (Å²) in [5.41, 5.74) is 8.95. The Morgan fingerprint density at radius 2 is 1.96 bits per heavy atom. The molecule has 1 aromatic carbocycles. The molecule has 1 aliphatic carbocycles. The van der Waals surface area contributed by atoms with E-state index >= 15 is 0 Å². The number of allylic oxidation sites excluding steroid dienone is 2. The van der Waals surface area contributed by atoms with Crippen LogP contribution in [0.25, 0.3) is 0 Å². The summed E-state index contributed by atoms with van der Waals surface area (Å²) in [6.07, 6.45) is 10.3. The van der Waals surface area contributed by atoms with Crippen LogP contribution in [0.15, 0.2) is 60.1 Å². The molecule has 9 N–H and O–H groups in total. The van der Waals surface area contributed by atoms with Crippen molar-refractivity contribution in [3.63, 3.8) is 0 Å². The number of hydrogen-bond acceptors (Lipinski definition) is 9. The molecule has 1 aromatic heterocycles. The standard InChI is InChI=1S/C38H55N3O7/c1-2-26-7-3-4-11-35(47-20-19-42)31(10-5-8-26)32(44)14-12-27-13-15-33(45)36(21-27)48-37(34(46)25-43)23-29(22-30-9-6-17-40-30)28-16-18-41-38(39)24-28/h6,9,13,15-17,21,24,26,29,31-32,34-35,37,40-46H,2-4,7,10-12,14,18-20,22-23,25,39H2,1H3. The van der Waals surface area contributed by atoms with Gasteiger partial charge in [0.2, 0.25) is 0 Å². The van der Waals surface area contributed by atoms with Gasteiger partial charge in [-0.3, -0.25) is 0 Å². The molecule has 2 heterocycles. The van der Waals surface area contributed by atoms with Gasteiger partial charge in [-0.1, -0.05) is 37.8 Å². The van der Waals surface area contributed by atoms with Gasteiger partial charge in [0.25, 0.3) is 0 Å². The quantitative estimate of drug-likeness (QED) is 0.117. The second-order valence-corrected chi connectivity index (χ2v) is 13.0. The SMILES string of the molecule is CCC1C#CCC(C(O)CCc2ccc(O)c(OC(CC(Cc3ccc[nH]3)C3=CCNC(N)=C3)C(O)CO)c2)C(OCCO)CCCC1. The van der Waals surface area contributed by atoms with Gasteiger partial charge in [0.05, 0.1) is 37.8 Å². The van der Waals surface area contributed by atoms with Crippen molar-refractivity contribution < 1.29 is 35.0 Å². The van der Waals surface area contributed by atoms with Crippen molar-refractivity contribution >= 4 is 0 Å². The highest BCUT2D eigenvalue weighted by atomic mass is 16.5. The first-order valence-corrected chi connectivity index (χ1v) is 17.5. The van der Waals surface area contributed by atoms with Gasteiger partial charge < -0.3 is 51.0 Å². The topological polar surface area (TPSA) is 173 Å². The molecule has 0 saturated carbocycles. The molecule has 0 fully saturated rings. The number of phenols is 1. The second kappa shape index (κ2) is 19.5. The number of rotatable bonds is 17. The molecule has 2 aromatic rings. The van der Waals surface area contributed by atoms with Crippen LogP contribution in [-0.2, 0) is 17.6 Å². The van der Waals surface area contributed by atoms with E-state index in [4.69, 9.17) is 15.2 Å². The Balaban J connectivity index is 1.48. The molecule has 10 heteroatoms. The first kappa shape index (κ1) is 37.4. The Kier molecular flexibility index (Phi) is 15.2. The third-order valence-corrected chi connectivity index (χ3v) is 9.55. The number of hydrogen-bond donors (Lipinski definition) is 8. The average molecular weight is 666 g/mol. The normalized spacial score (nSPS) is 22.6. The minimum absolute atomic E-state index is 0.0720. The van der Waals surface area contributed by atoms with E-state index in [0.717, 1.165) is 48.9 Å². The summed E-state index contributed by atoms with van der Waals surface area (Å²) >= 11 is 0. The van der Waals surface area contributed by atoms with Crippen LogP contribution in [0.3, 0.4) is 0 Å². The highest BCUT2D eigenvalue weighted by Gasteiger charge is 2.30. The second-order valence-electron chi connectivity index (χ2n) is 13.0. The Labute approximate surface area is 285 Å². The van der Waals surface area contributed by atoms with E-state index in [1.54, 1.807) is 18.2 Å². The zero-order valence-electron chi connectivity index (χ0n) is 28.2. The number of nitrogens with one attached hydrogen (secondary N) is 2. The first-order valence-electron chi connectivity index (χ1n) is 17.5. The van der Waals surface area contributed by atoms with E-state index in [0.29, 0.717) is 50.4 Å². The summed E-state index contributed by atoms with van der Waals surface area (Å²) in [7, 11) is 0. The van der Waals surface area contributed by atoms with Gasteiger partial charge in [-0.15, -0.1) is 5.92 Å². The van der Waals surface area contributed by atoms with E-state index in [-0.39, 0.29) is 42.7 Å². The van der Waals surface area contributed by atoms with E-state index in [1.165, 1.54) is 0 Å². The van der Waals surface area contributed by atoms with Crippen molar-refractivity contribution in [2.45, 2.75) is 95.5 Å². The van der Waals surface area contributed by atoms with Gasteiger partial charge in [-0.25, -0.2) is 0 Å². The van der Waals surface area contributed by atoms with E-state index in [9.17, 15) is 25.5 Å². The van der Waals surface area contributed by atoms with Gasteiger partial charge in [0, 0.05) is 36.7 Å². The highest BCUT2D eigenvalue weighted by Crippen LogP contribution is 2.33. The highest BCUT2D eigenvalue weighted by molar-refractivity contribution is 5.42. The summed E-state index contributed by atoms with van der Waals surface area (Å²) in [5, 5.41) is 55.6. The maximum Gasteiger partial charge on any atom is 0.161 e. The fourth-order valence-electron chi connectivity index (χ4n) is 6.72. The van der Waals surface area contributed by atoms with Crippen LogP contribution in [0.2, 0.25) is 0 Å². The number of aliphatic hydroxyl groups excluding tert-OH is 4.